The predicted octanol–water partition coefficient (Wildman–Crippen LogP) is 4.09. The number of para-hydroxylation sites is 1. The molecule has 0 aliphatic rings. The van der Waals surface area contributed by atoms with Gasteiger partial charge in [-0.05, 0) is 42.0 Å². The fraction of sp³-hybridized carbons (Fsp3) is 0.136. The number of rotatable bonds is 7. The minimum absolute atomic E-state index is 0.0328. The van der Waals surface area contributed by atoms with E-state index in [4.69, 9.17) is 9.15 Å². The van der Waals surface area contributed by atoms with E-state index >= 15 is 0 Å². The molecule has 3 aromatic carbocycles. The van der Waals surface area contributed by atoms with Crippen molar-refractivity contribution in [2.75, 3.05) is 7.11 Å². The molecule has 0 aliphatic carbocycles. The molecule has 30 heavy (non-hydrogen) atoms. The van der Waals surface area contributed by atoms with Crippen LogP contribution in [0.4, 0.5) is 0 Å². The molecule has 0 amide bonds. The third-order valence-corrected chi connectivity index (χ3v) is 6.32. The van der Waals surface area contributed by atoms with E-state index in [9.17, 15) is 18.3 Å². The van der Waals surface area contributed by atoms with Gasteiger partial charge in [-0.1, -0.05) is 30.3 Å². The first-order valence-corrected chi connectivity index (χ1v) is 10.6. The number of hydrogen-bond acceptors (Lipinski definition) is 5. The maximum Gasteiger partial charge on any atom is 0.305 e. The lowest BCUT2D eigenvalue weighted by atomic mass is 10.0. The monoisotopic (exact) mass is 425 g/mol. The number of hydrogen-bond donors (Lipinski definition) is 2. The van der Waals surface area contributed by atoms with E-state index in [1.807, 2.05) is 24.3 Å². The number of sulfonamides is 1. The normalized spacial score (nSPS) is 12.8. The lowest BCUT2D eigenvalue weighted by Crippen LogP contribution is -2.30. The summed E-state index contributed by atoms with van der Waals surface area (Å²) in [6, 6.07) is 17.6. The molecule has 0 saturated carbocycles. The maximum atomic E-state index is 13.1. The van der Waals surface area contributed by atoms with Gasteiger partial charge in [-0.25, -0.2) is 13.1 Å². The fourth-order valence-corrected chi connectivity index (χ4v) is 4.62. The molecule has 1 aromatic heterocycles. The Hall–Kier alpha value is -3.36. The number of methoxy groups -OCH3 is 1. The van der Waals surface area contributed by atoms with Crippen LogP contribution in [0, 0.1) is 0 Å². The zero-order chi connectivity index (χ0) is 21.3. The molecule has 154 valence electrons. The van der Waals surface area contributed by atoms with Gasteiger partial charge in [0.15, 0.2) is 0 Å². The first-order chi connectivity index (χ1) is 14.4. The van der Waals surface area contributed by atoms with Gasteiger partial charge >= 0.3 is 5.97 Å². The maximum absolute atomic E-state index is 13.1. The SMILES string of the molecule is COc1ccc([C@@H](CC(=O)O)NS(=O)(=O)c2ccc3oc4ccccc4c3c2)cc1. The minimum atomic E-state index is -3.99. The van der Waals surface area contributed by atoms with Crippen molar-refractivity contribution < 1.29 is 27.5 Å². The van der Waals surface area contributed by atoms with Gasteiger partial charge in [0.05, 0.1) is 24.5 Å². The number of carboxylic acids is 1. The van der Waals surface area contributed by atoms with Gasteiger partial charge in [-0.3, -0.25) is 4.79 Å². The molecule has 1 heterocycles. The number of aliphatic carboxylic acids is 1. The zero-order valence-corrected chi connectivity index (χ0v) is 16.8. The first kappa shape index (κ1) is 19.9. The lowest BCUT2D eigenvalue weighted by molar-refractivity contribution is -0.137. The number of nitrogens with one attached hydrogen (secondary N) is 1. The lowest BCUT2D eigenvalue weighted by Gasteiger charge is -2.18. The molecule has 1 atom stereocenters. The number of furan rings is 1. The molecule has 8 heteroatoms. The van der Waals surface area contributed by atoms with E-state index in [0.29, 0.717) is 27.9 Å². The summed E-state index contributed by atoms with van der Waals surface area (Å²) < 4.78 is 39.5. The van der Waals surface area contributed by atoms with Crippen LogP contribution in [0.1, 0.15) is 18.0 Å². The number of carboxylic acid groups (broad SMARTS) is 1. The van der Waals surface area contributed by atoms with Crippen molar-refractivity contribution in [2.24, 2.45) is 0 Å². The summed E-state index contributed by atoms with van der Waals surface area (Å²) in [4.78, 5) is 11.4. The first-order valence-electron chi connectivity index (χ1n) is 9.17. The van der Waals surface area contributed by atoms with Crippen LogP contribution in [0.2, 0.25) is 0 Å². The van der Waals surface area contributed by atoms with Gasteiger partial charge in [0.1, 0.15) is 16.9 Å². The minimum Gasteiger partial charge on any atom is -0.497 e. The Balaban J connectivity index is 1.71. The number of ether oxygens (including phenoxy) is 1. The Bertz CT molecular complexity index is 1330. The molecule has 0 spiro atoms. The third kappa shape index (κ3) is 3.87. The second-order valence-corrected chi connectivity index (χ2v) is 8.52. The zero-order valence-electron chi connectivity index (χ0n) is 16.0. The van der Waals surface area contributed by atoms with Gasteiger partial charge in [-0.2, -0.15) is 0 Å². The summed E-state index contributed by atoms with van der Waals surface area (Å²) in [5.74, 6) is -0.525. The molecule has 7 nitrogen and oxygen atoms in total. The van der Waals surface area contributed by atoms with Crippen LogP contribution in [0.5, 0.6) is 5.75 Å². The summed E-state index contributed by atoms with van der Waals surface area (Å²) >= 11 is 0. The third-order valence-electron chi connectivity index (χ3n) is 4.85. The quantitative estimate of drug-likeness (QED) is 0.462. The van der Waals surface area contributed by atoms with E-state index in [2.05, 4.69) is 4.72 Å². The molecule has 4 rings (SSSR count). The van der Waals surface area contributed by atoms with Crippen LogP contribution in [0.15, 0.2) is 76.0 Å². The summed E-state index contributed by atoms with van der Waals surface area (Å²) in [5.41, 5.74) is 1.76. The Labute approximate surface area is 172 Å². The number of fused-ring (bicyclic) bond motifs is 3. The highest BCUT2D eigenvalue weighted by Crippen LogP contribution is 2.31. The molecule has 0 saturated heterocycles. The van der Waals surface area contributed by atoms with Crippen molar-refractivity contribution in [3.05, 3.63) is 72.3 Å². The van der Waals surface area contributed by atoms with Gasteiger partial charge < -0.3 is 14.3 Å². The summed E-state index contributed by atoms with van der Waals surface area (Å²) in [6.07, 6.45) is -0.400. The topological polar surface area (TPSA) is 106 Å². The van der Waals surface area contributed by atoms with Crippen molar-refractivity contribution in [1.29, 1.82) is 0 Å². The summed E-state index contributed by atoms with van der Waals surface area (Å²) in [5, 5.41) is 10.8. The van der Waals surface area contributed by atoms with Crippen LogP contribution in [0.25, 0.3) is 21.9 Å². The smallest absolute Gasteiger partial charge is 0.305 e. The van der Waals surface area contributed by atoms with E-state index in [1.54, 1.807) is 30.3 Å². The van der Waals surface area contributed by atoms with E-state index in [-0.39, 0.29) is 4.90 Å². The Morgan fingerprint density at radius 1 is 1.03 bits per heavy atom. The van der Waals surface area contributed by atoms with Gasteiger partial charge in [0.25, 0.3) is 0 Å². The molecular formula is C22H19NO6S. The summed E-state index contributed by atoms with van der Waals surface area (Å²) in [7, 11) is -2.48. The van der Waals surface area contributed by atoms with Crippen LogP contribution < -0.4 is 9.46 Å². The van der Waals surface area contributed by atoms with Crippen LogP contribution in [0.3, 0.4) is 0 Å². The molecular weight excluding hydrogens is 406 g/mol. The highest BCUT2D eigenvalue weighted by molar-refractivity contribution is 7.89. The van der Waals surface area contributed by atoms with Crippen LogP contribution >= 0.6 is 0 Å². The predicted molar refractivity (Wildman–Crippen MR) is 112 cm³/mol. The average molecular weight is 425 g/mol. The number of carbonyl (C=O) groups is 1. The highest BCUT2D eigenvalue weighted by Gasteiger charge is 2.24. The van der Waals surface area contributed by atoms with Crippen LogP contribution in [-0.4, -0.2) is 26.6 Å². The van der Waals surface area contributed by atoms with Gasteiger partial charge in [0, 0.05) is 10.8 Å². The molecule has 4 aromatic rings. The largest absolute Gasteiger partial charge is 0.497 e. The molecule has 2 N–H and O–H groups in total. The second-order valence-electron chi connectivity index (χ2n) is 6.80. The molecule has 0 aliphatic heterocycles. The van der Waals surface area contributed by atoms with Crippen molar-refractivity contribution >= 4 is 37.9 Å². The Morgan fingerprint density at radius 2 is 1.73 bits per heavy atom. The highest BCUT2D eigenvalue weighted by atomic mass is 32.2. The standard InChI is InChI=1S/C22H19NO6S/c1-28-15-8-6-14(7-9-15)19(13-22(24)25)23-30(26,27)16-10-11-21-18(12-16)17-4-2-3-5-20(17)29-21/h2-12,19,23H,13H2,1H3,(H,24,25)/t19-/m1/s1. The van der Waals surface area contributed by atoms with Crippen molar-refractivity contribution in [3.8, 4) is 5.75 Å². The summed E-state index contributed by atoms with van der Waals surface area (Å²) in [6.45, 7) is 0. The van der Waals surface area contributed by atoms with Gasteiger partial charge in [0.2, 0.25) is 10.0 Å². The Morgan fingerprint density at radius 3 is 2.43 bits per heavy atom. The second kappa shape index (κ2) is 7.81. The van der Waals surface area contributed by atoms with E-state index in [0.717, 1.165) is 5.39 Å². The Kier molecular flexibility index (Phi) is 5.19. The van der Waals surface area contributed by atoms with Crippen molar-refractivity contribution in [1.82, 2.24) is 4.72 Å². The molecule has 0 unspecified atom stereocenters. The average Bonchev–Trinajstić information content (AvgIpc) is 3.11. The van der Waals surface area contributed by atoms with Gasteiger partial charge in [-0.15, -0.1) is 0 Å². The van der Waals surface area contributed by atoms with E-state index < -0.39 is 28.5 Å². The number of benzene rings is 3. The molecule has 0 bridgehead atoms. The van der Waals surface area contributed by atoms with Crippen molar-refractivity contribution in [3.63, 3.8) is 0 Å². The van der Waals surface area contributed by atoms with Crippen molar-refractivity contribution in [2.45, 2.75) is 17.4 Å². The van der Waals surface area contributed by atoms with E-state index in [1.165, 1.54) is 19.2 Å². The molecule has 0 fully saturated rings. The molecule has 0 radical (unpaired) electrons. The van der Waals surface area contributed by atoms with Crippen LogP contribution in [-0.2, 0) is 14.8 Å². The fourth-order valence-electron chi connectivity index (χ4n) is 3.37.